The number of methoxy groups -OCH3 is 1. The van der Waals surface area contributed by atoms with Gasteiger partial charge in [-0.3, -0.25) is 9.89 Å². The van der Waals surface area contributed by atoms with Gasteiger partial charge in [0, 0.05) is 38.2 Å². The highest BCUT2D eigenvalue weighted by atomic mass is 16.5. The van der Waals surface area contributed by atoms with Crippen molar-refractivity contribution in [3.63, 3.8) is 0 Å². The third-order valence-electron chi connectivity index (χ3n) is 5.39. The van der Waals surface area contributed by atoms with Crippen molar-refractivity contribution in [3.05, 3.63) is 29.6 Å². The van der Waals surface area contributed by atoms with Gasteiger partial charge in [0.05, 0.1) is 0 Å². The molecule has 1 aliphatic heterocycles. The maximum Gasteiger partial charge on any atom is 0.274 e. The number of rotatable bonds is 6. The van der Waals surface area contributed by atoms with Crippen molar-refractivity contribution in [2.45, 2.75) is 45.3 Å². The zero-order chi connectivity index (χ0) is 18.3. The Kier molecular flexibility index (Phi) is 4.52. The number of nitrogens with one attached hydrogen (secondary N) is 1. The second kappa shape index (κ2) is 6.83. The highest BCUT2D eigenvalue weighted by Crippen LogP contribution is 2.47. The smallest absolute Gasteiger partial charge is 0.274 e. The topological polar surface area (TPSA) is 88.9 Å². The van der Waals surface area contributed by atoms with E-state index in [2.05, 4.69) is 29.1 Å². The van der Waals surface area contributed by atoms with E-state index in [1.165, 1.54) is 12.8 Å². The van der Waals surface area contributed by atoms with Gasteiger partial charge in [-0.15, -0.1) is 0 Å². The first-order valence-electron chi connectivity index (χ1n) is 9.30. The molecule has 4 rings (SSSR count). The Morgan fingerprint density at radius 3 is 2.85 bits per heavy atom. The van der Waals surface area contributed by atoms with Crippen LogP contribution in [0, 0.1) is 11.8 Å². The SMILES string of the molecule is COCn1ccc(C(=O)N2C[C@H](c3nc(C(C)C)n[nH]3)[C@@H](C3CC3)C2)n1. The summed E-state index contributed by atoms with van der Waals surface area (Å²) in [5, 5.41) is 11.8. The molecule has 1 saturated heterocycles. The van der Waals surface area contributed by atoms with Crippen LogP contribution in [0.2, 0.25) is 0 Å². The first-order valence-corrected chi connectivity index (χ1v) is 9.30. The van der Waals surface area contributed by atoms with Gasteiger partial charge in [0.15, 0.2) is 5.82 Å². The summed E-state index contributed by atoms with van der Waals surface area (Å²) < 4.78 is 6.69. The predicted octanol–water partition coefficient (Wildman–Crippen LogP) is 1.99. The molecule has 1 aliphatic carbocycles. The monoisotopic (exact) mass is 358 g/mol. The van der Waals surface area contributed by atoms with E-state index >= 15 is 0 Å². The molecule has 3 heterocycles. The van der Waals surface area contributed by atoms with Crippen LogP contribution in [0.5, 0.6) is 0 Å². The van der Waals surface area contributed by atoms with E-state index in [1.807, 2.05) is 4.90 Å². The molecule has 140 valence electrons. The van der Waals surface area contributed by atoms with Crippen LogP contribution < -0.4 is 0 Å². The van der Waals surface area contributed by atoms with Crippen LogP contribution in [-0.4, -0.2) is 56.0 Å². The molecule has 0 spiro atoms. The van der Waals surface area contributed by atoms with Crippen LogP contribution in [-0.2, 0) is 11.5 Å². The lowest BCUT2D eigenvalue weighted by Crippen LogP contribution is -2.29. The molecule has 0 unspecified atom stereocenters. The van der Waals surface area contributed by atoms with E-state index in [0.29, 0.717) is 36.7 Å². The van der Waals surface area contributed by atoms with Gasteiger partial charge in [-0.05, 0) is 30.7 Å². The molecule has 8 heteroatoms. The van der Waals surface area contributed by atoms with E-state index in [4.69, 9.17) is 9.72 Å². The first-order chi connectivity index (χ1) is 12.6. The Hall–Kier alpha value is -2.22. The molecule has 2 atom stereocenters. The van der Waals surface area contributed by atoms with Gasteiger partial charge in [0.1, 0.15) is 18.2 Å². The van der Waals surface area contributed by atoms with Crippen LogP contribution in [0.4, 0.5) is 0 Å². The van der Waals surface area contributed by atoms with Crippen LogP contribution in [0.1, 0.15) is 60.7 Å². The summed E-state index contributed by atoms with van der Waals surface area (Å²) in [6, 6.07) is 1.76. The summed E-state index contributed by atoms with van der Waals surface area (Å²) in [5.41, 5.74) is 0.470. The van der Waals surface area contributed by atoms with Crippen molar-refractivity contribution < 1.29 is 9.53 Å². The van der Waals surface area contributed by atoms with Gasteiger partial charge in [-0.1, -0.05) is 13.8 Å². The molecule has 1 saturated carbocycles. The summed E-state index contributed by atoms with van der Waals surface area (Å²) in [5.74, 6) is 3.42. The van der Waals surface area contributed by atoms with E-state index < -0.39 is 0 Å². The Bertz CT molecular complexity index is 778. The number of likely N-dealkylation sites (tertiary alicyclic amines) is 1. The summed E-state index contributed by atoms with van der Waals surface area (Å²) in [6.45, 7) is 5.96. The zero-order valence-electron chi connectivity index (χ0n) is 15.6. The molecule has 0 radical (unpaired) electrons. The van der Waals surface area contributed by atoms with Gasteiger partial charge in [-0.25, -0.2) is 9.67 Å². The molecule has 26 heavy (non-hydrogen) atoms. The van der Waals surface area contributed by atoms with Gasteiger partial charge in [0.25, 0.3) is 5.91 Å². The van der Waals surface area contributed by atoms with Gasteiger partial charge < -0.3 is 9.64 Å². The van der Waals surface area contributed by atoms with E-state index in [0.717, 1.165) is 18.2 Å². The van der Waals surface area contributed by atoms with E-state index in [9.17, 15) is 4.79 Å². The van der Waals surface area contributed by atoms with Gasteiger partial charge in [-0.2, -0.15) is 10.2 Å². The lowest BCUT2D eigenvalue weighted by atomic mass is 9.91. The number of aromatic nitrogens is 5. The fraction of sp³-hybridized carbons (Fsp3) is 0.667. The number of carbonyl (C=O) groups is 1. The fourth-order valence-corrected chi connectivity index (χ4v) is 3.84. The number of amides is 1. The zero-order valence-corrected chi connectivity index (χ0v) is 15.6. The molecule has 2 aliphatic rings. The highest BCUT2D eigenvalue weighted by molar-refractivity contribution is 5.92. The van der Waals surface area contributed by atoms with Crippen molar-refractivity contribution in [1.29, 1.82) is 0 Å². The lowest BCUT2D eigenvalue weighted by Gasteiger charge is -2.14. The molecular formula is C18H26N6O2. The van der Waals surface area contributed by atoms with Gasteiger partial charge in [0.2, 0.25) is 0 Å². The lowest BCUT2D eigenvalue weighted by molar-refractivity contribution is 0.0773. The second-order valence-corrected chi connectivity index (χ2v) is 7.71. The Morgan fingerprint density at radius 2 is 2.19 bits per heavy atom. The van der Waals surface area contributed by atoms with Gasteiger partial charge >= 0.3 is 0 Å². The average Bonchev–Trinajstić information content (AvgIpc) is 3.06. The van der Waals surface area contributed by atoms with Crippen LogP contribution in [0.25, 0.3) is 0 Å². The quantitative estimate of drug-likeness (QED) is 0.853. The molecule has 1 amide bonds. The Morgan fingerprint density at radius 1 is 1.38 bits per heavy atom. The number of aromatic amines is 1. The molecule has 2 aromatic rings. The number of hydrogen-bond donors (Lipinski definition) is 1. The average molecular weight is 358 g/mol. The predicted molar refractivity (Wildman–Crippen MR) is 94.6 cm³/mol. The standard InChI is InChI=1S/C18H26N6O2/c1-11(2)16-19-17(21-20-16)14-9-23(8-13(14)12-4-5-12)18(25)15-6-7-24(22-15)10-26-3/h6-7,11-14H,4-5,8-10H2,1-3H3,(H,19,20,21)/t13-,14+/m1/s1. The number of H-pyrrole nitrogens is 1. The number of ether oxygens (including phenoxy) is 1. The number of hydrogen-bond acceptors (Lipinski definition) is 5. The fourth-order valence-electron chi connectivity index (χ4n) is 3.84. The Labute approximate surface area is 152 Å². The summed E-state index contributed by atoms with van der Waals surface area (Å²) in [6.07, 6.45) is 4.27. The Balaban J connectivity index is 1.52. The minimum atomic E-state index is -0.0170. The van der Waals surface area contributed by atoms with Crippen molar-refractivity contribution >= 4 is 5.91 Å². The third kappa shape index (κ3) is 3.25. The molecule has 1 N–H and O–H groups in total. The molecule has 0 aromatic carbocycles. The summed E-state index contributed by atoms with van der Waals surface area (Å²) in [7, 11) is 1.61. The van der Waals surface area contributed by atoms with Crippen LogP contribution in [0.15, 0.2) is 12.3 Å². The number of nitrogens with zero attached hydrogens (tertiary/aromatic N) is 5. The third-order valence-corrected chi connectivity index (χ3v) is 5.39. The van der Waals surface area contributed by atoms with Crippen LogP contribution in [0.3, 0.4) is 0 Å². The molecule has 2 fully saturated rings. The second-order valence-electron chi connectivity index (χ2n) is 7.71. The summed E-state index contributed by atoms with van der Waals surface area (Å²) >= 11 is 0. The largest absolute Gasteiger partial charge is 0.362 e. The molecular weight excluding hydrogens is 332 g/mol. The van der Waals surface area contributed by atoms with Crippen molar-refractivity contribution in [3.8, 4) is 0 Å². The normalized spacial score (nSPS) is 23.2. The van der Waals surface area contributed by atoms with Crippen molar-refractivity contribution in [2.75, 3.05) is 20.2 Å². The minimum absolute atomic E-state index is 0.0170. The minimum Gasteiger partial charge on any atom is -0.362 e. The first kappa shape index (κ1) is 17.2. The molecule has 8 nitrogen and oxygen atoms in total. The highest BCUT2D eigenvalue weighted by Gasteiger charge is 2.46. The van der Waals surface area contributed by atoms with E-state index in [-0.39, 0.29) is 11.8 Å². The maximum absolute atomic E-state index is 12.9. The van der Waals surface area contributed by atoms with Crippen LogP contribution >= 0.6 is 0 Å². The van der Waals surface area contributed by atoms with Crippen molar-refractivity contribution in [1.82, 2.24) is 29.9 Å². The maximum atomic E-state index is 12.9. The molecule has 2 aromatic heterocycles. The summed E-state index contributed by atoms with van der Waals surface area (Å²) in [4.78, 5) is 19.5. The number of carbonyl (C=O) groups excluding carboxylic acids is 1. The van der Waals surface area contributed by atoms with E-state index in [1.54, 1.807) is 24.1 Å². The molecule has 0 bridgehead atoms. The van der Waals surface area contributed by atoms with Crippen molar-refractivity contribution in [2.24, 2.45) is 11.8 Å².